The topological polar surface area (TPSA) is 40.6 Å². The van der Waals surface area contributed by atoms with Crippen LogP contribution >= 0.6 is 15.9 Å². The molecule has 0 aromatic carbocycles. The predicted octanol–water partition coefficient (Wildman–Crippen LogP) is 1.53. The van der Waals surface area contributed by atoms with Crippen LogP contribution in [0, 0.1) is 0 Å². The van der Waals surface area contributed by atoms with Crippen molar-refractivity contribution in [2.45, 2.75) is 26.3 Å². The average Bonchev–Trinajstić information content (AvgIpc) is 2.15. The third kappa shape index (κ3) is 4.60. The number of nitrogens with zero attached hydrogens (tertiary/aromatic N) is 2. The monoisotopic (exact) mass is 322 g/mol. The van der Waals surface area contributed by atoms with Gasteiger partial charge in [0.1, 0.15) is 0 Å². The average molecular weight is 323 g/mol. The minimum Gasteiger partial charge on any atom is -0.209 e. The van der Waals surface area contributed by atoms with Crippen LogP contribution in [0.25, 0.3) is 0 Å². The molecule has 0 fully saturated rings. The summed E-state index contributed by atoms with van der Waals surface area (Å²) < 4.78 is 50.2. The number of halogens is 3. The molecule has 0 aliphatic carbocycles. The first-order valence-corrected chi connectivity index (χ1v) is 7.32. The highest BCUT2D eigenvalue weighted by Gasteiger charge is 2.30. The van der Waals surface area contributed by atoms with Crippen LogP contribution < -0.4 is 0 Å². The maximum atomic E-state index is 12.3. The number of rotatable bonds is 7. The van der Waals surface area contributed by atoms with E-state index in [1.807, 2.05) is 0 Å². The van der Waals surface area contributed by atoms with Crippen LogP contribution in [0.2, 0.25) is 0 Å². The van der Waals surface area contributed by atoms with E-state index in [1.165, 1.54) is 7.05 Å². The van der Waals surface area contributed by atoms with E-state index in [0.717, 1.165) is 8.61 Å². The molecular formula is C8H17BrF2N2O2S. The molecule has 0 aliphatic heterocycles. The molecule has 0 aromatic heterocycles. The van der Waals surface area contributed by atoms with Gasteiger partial charge in [-0.2, -0.15) is 17.0 Å². The molecule has 0 N–H and O–H groups in total. The van der Waals surface area contributed by atoms with Gasteiger partial charge in [-0.05, 0) is 13.8 Å². The molecule has 0 aliphatic rings. The molecule has 0 bridgehead atoms. The molecule has 0 amide bonds. The van der Waals surface area contributed by atoms with Gasteiger partial charge in [-0.3, -0.25) is 0 Å². The smallest absolute Gasteiger partial charge is 0.209 e. The van der Waals surface area contributed by atoms with Crippen LogP contribution in [0.15, 0.2) is 0 Å². The fraction of sp³-hybridized carbons (Fsp3) is 1.00. The molecule has 98 valence electrons. The molecule has 0 radical (unpaired) electrons. The first kappa shape index (κ1) is 16.2. The zero-order valence-electron chi connectivity index (χ0n) is 9.53. The van der Waals surface area contributed by atoms with Crippen LogP contribution in [-0.4, -0.2) is 55.0 Å². The molecule has 4 nitrogen and oxygen atoms in total. The van der Waals surface area contributed by atoms with E-state index in [4.69, 9.17) is 0 Å². The summed E-state index contributed by atoms with van der Waals surface area (Å²) >= 11 is 3.05. The highest BCUT2D eigenvalue weighted by atomic mass is 79.9. The zero-order valence-corrected chi connectivity index (χ0v) is 11.9. The summed E-state index contributed by atoms with van der Waals surface area (Å²) in [5.41, 5.74) is 0. The molecule has 0 saturated heterocycles. The second-order valence-corrected chi connectivity index (χ2v) is 6.34. The first-order valence-electron chi connectivity index (χ1n) is 4.80. The summed E-state index contributed by atoms with van der Waals surface area (Å²) in [5.74, 6) is 0. The van der Waals surface area contributed by atoms with Gasteiger partial charge in [0, 0.05) is 25.0 Å². The molecule has 8 heteroatoms. The maximum absolute atomic E-state index is 12.3. The van der Waals surface area contributed by atoms with Gasteiger partial charge in [-0.1, -0.05) is 15.9 Å². The normalized spacial score (nSPS) is 13.4. The van der Waals surface area contributed by atoms with Crippen molar-refractivity contribution in [3.63, 3.8) is 0 Å². The van der Waals surface area contributed by atoms with Crippen LogP contribution in [0.3, 0.4) is 0 Å². The lowest BCUT2D eigenvalue weighted by atomic mass is 10.4. The summed E-state index contributed by atoms with van der Waals surface area (Å²) in [6, 6.07) is -0.263. The van der Waals surface area contributed by atoms with E-state index in [1.54, 1.807) is 13.8 Å². The molecule has 0 saturated carbocycles. The predicted molar refractivity (Wildman–Crippen MR) is 63.2 cm³/mol. The van der Waals surface area contributed by atoms with Gasteiger partial charge >= 0.3 is 0 Å². The van der Waals surface area contributed by atoms with E-state index in [9.17, 15) is 17.2 Å². The summed E-state index contributed by atoms with van der Waals surface area (Å²) in [4.78, 5) is 0. The third-order valence-electron chi connectivity index (χ3n) is 2.09. The maximum Gasteiger partial charge on any atom is 0.282 e. The fourth-order valence-corrected chi connectivity index (χ4v) is 3.18. The van der Waals surface area contributed by atoms with E-state index < -0.39 is 23.2 Å². The Hall–Kier alpha value is 0.210. The van der Waals surface area contributed by atoms with Gasteiger partial charge in [-0.15, -0.1) is 0 Å². The minimum absolute atomic E-state index is 0.0315. The second-order valence-electron chi connectivity index (χ2n) is 3.56. The molecule has 0 rings (SSSR count). The summed E-state index contributed by atoms with van der Waals surface area (Å²) in [5, 5.41) is 0.324. The number of alkyl halides is 3. The molecule has 0 atom stereocenters. The van der Waals surface area contributed by atoms with E-state index >= 15 is 0 Å². The Morgan fingerprint density at radius 2 is 1.81 bits per heavy atom. The molecule has 0 unspecified atom stereocenters. The Morgan fingerprint density at radius 1 is 1.31 bits per heavy atom. The fourth-order valence-electron chi connectivity index (χ4n) is 0.998. The lowest BCUT2D eigenvalue weighted by molar-refractivity contribution is 0.118. The Labute approximate surface area is 104 Å². The van der Waals surface area contributed by atoms with Gasteiger partial charge in [0.25, 0.3) is 16.6 Å². The van der Waals surface area contributed by atoms with Crippen molar-refractivity contribution in [2.75, 3.05) is 25.5 Å². The zero-order chi connectivity index (χ0) is 12.9. The largest absolute Gasteiger partial charge is 0.282 e. The molecule has 16 heavy (non-hydrogen) atoms. The molecule has 0 aromatic rings. The number of hydrogen-bond acceptors (Lipinski definition) is 2. The third-order valence-corrected chi connectivity index (χ3v) is 4.58. The van der Waals surface area contributed by atoms with E-state index in [-0.39, 0.29) is 12.6 Å². The van der Waals surface area contributed by atoms with Crippen LogP contribution in [0.4, 0.5) is 8.78 Å². The minimum atomic E-state index is -3.80. The van der Waals surface area contributed by atoms with Crippen molar-refractivity contribution in [3.05, 3.63) is 0 Å². The first-order chi connectivity index (χ1) is 7.23. The van der Waals surface area contributed by atoms with Crippen molar-refractivity contribution in [1.82, 2.24) is 8.61 Å². The Balaban J connectivity index is 4.89. The summed E-state index contributed by atoms with van der Waals surface area (Å²) in [7, 11) is -2.42. The molecule has 0 heterocycles. The van der Waals surface area contributed by atoms with Gasteiger partial charge in [-0.25, -0.2) is 8.78 Å². The van der Waals surface area contributed by atoms with E-state index in [2.05, 4.69) is 15.9 Å². The second kappa shape index (κ2) is 6.83. The Bertz CT molecular complexity index is 298. The van der Waals surface area contributed by atoms with Gasteiger partial charge in [0.15, 0.2) is 0 Å². The van der Waals surface area contributed by atoms with Crippen molar-refractivity contribution in [3.8, 4) is 0 Å². The lowest BCUT2D eigenvalue weighted by Gasteiger charge is -2.29. The van der Waals surface area contributed by atoms with Crippen molar-refractivity contribution >= 4 is 26.1 Å². The van der Waals surface area contributed by atoms with Crippen molar-refractivity contribution in [1.29, 1.82) is 0 Å². The van der Waals surface area contributed by atoms with Gasteiger partial charge in [0.2, 0.25) is 0 Å². The molecule has 0 spiro atoms. The summed E-state index contributed by atoms with van der Waals surface area (Å²) in [6.07, 6.45) is -2.67. The van der Waals surface area contributed by atoms with Crippen molar-refractivity contribution < 1.29 is 17.2 Å². The van der Waals surface area contributed by atoms with Crippen LogP contribution in [0.5, 0.6) is 0 Å². The summed E-state index contributed by atoms with van der Waals surface area (Å²) in [6.45, 7) is 2.63. The standard InChI is InChI=1S/C8H17BrF2N2O2S/c1-7(2)12(3)16(14,15)13(5-4-9)6-8(10)11/h7-8H,4-6H2,1-3H3. The highest BCUT2D eigenvalue weighted by Crippen LogP contribution is 2.12. The Kier molecular flexibility index (Phi) is 6.92. The van der Waals surface area contributed by atoms with Crippen molar-refractivity contribution in [2.24, 2.45) is 0 Å². The van der Waals surface area contributed by atoms with Gasteiger partial charge < -0.3 is 0 Å². The lowest BCUT2D eigenvalue weighted by Crippen LogP contribution is -2.47. The quantitative estimate of drug-likeness (QED) is 0.667. The SMILES string of the molecule is CC(C)N(C)S(=O)(=O)N(CCBr)CC(F)F. The van der Waals surface area contributed by atoms with Gasteiger partial charge in [0.05, 0.1) is 6.54 Å². The van der Waals surface area contributed by atoms with Crippen LogP contribution in [0.1, 0.15) is 13.8 Å². The number of hydrogen-bond donors (Lipinski definition) is 0. The highest BCUT2D eigenvalue weighted by molar-refractivity contribution is 9.09. The van der Waals surface area contributed by atoms with E-state index in [0.29, 0.717) is 5.33 Å². The van der Waals surface area contributed by atoms with Crippen LogP contribution in [-0.2, 0) is 10.2 Å². The Morgan fingerprint density at radius 3 is 2.12 bits per heavy atom. The molecular weight excluding hydrogens is 306 g/mol.